The molecular formula is C28H29N5O4S. The van der Waals surface area contributed by atoms with Crippen LogP contribution in [0.4, 0.5) is 11.6 Å². The molecule has 3 aromatic rings. The minimum absolute atomic E-state index is 0.0173. The third-order valence-corrected chi connectivity index (χ3v) is 8.08. The second-order valence-corrected chi connectivity index (χ2v) is 11.8. The van der Waals surface area contributed by atoms with E-state index in [9.17, 15) is 13.2 Å². The van der Waals surface area contributed by atoms with Crippen molar-refractivity contribution in [1.29, 1.82) is 0 Å². The molecular weight excluding hydrogens is 502 g/mol. The summed E-state index contributed by atoms with van der Waals surface area (Å²) in [6, 6.07) is 11.1. The van der Waals surface area contributed by atoms with Gasteiger partial charge >= 0.3 is 0 Å². The van der Waals surface area contributed by atoms with E-state index < -0.39 is 21.3 Å². The van der Waals surface area contributed by atoms with Crippen LogP contribution in [0.15, 0.2) is 77.6 Å². The molecule has 9 nitrogen and oxygen atoms in total. The molecule has 2 aliphatic rings. The van der Waals surface area contributed by atoms with Crippen molar-refractivity contribution in [1.82, 2.24) is 15.0 Å². The highest BCUT2D eigenvalue weighted by Gasteiger charge is 2.46. The van der Waals surface area contributed by atoms with E-state index in [-0.39, 0.29) is 11.3 Å². The maximum absolute atomic E-state index is 13.0. The number of nitrogens with zero attached hydrogens (tertiary/aromatic N) is 3. The minimum atomic E-state index is -3.69. The van der Waals surface area contributed by atoms with Crippen LogP contribution in [0.1, 0.15) is 30.4 Å². The van der Waals surface area contributed by atoms with E-state index in [0.717, 1.165) is 30.2 Å². The highest BCUT2D eigenvalue weighted by Crippen LogP contribution is 2.47. The number of primary amides is 1. The molecule has 1 atom stereocenters. The molecule has 0 spiro atoms. The Labute approximate surface area is 221 Å². The molecule has 1 fully saturated rings. The van der Waals surface area contributed by atoms with Gasteiger partial charge in [0.15, 0.2) is 9.84 Å². The number of sulfone groups is 1. The molecule has 0 saturated heterocycles. The van der Waals surface area contributed by atoms with Gasteiger partial charge in [-0.25, -0.2) is 18.4 Å². The number of rotatable bonds is 9. The number of carbonyl (C=O) groups is 1. The summed E-state index contributed by atoms with van der Waals surface area (Å²) >= 11 is 0. The number of nitrogens with one attached hydrogen (secondary N) is 1. The molecule has 3 N–H and O–H groups in total. The third kappa shape index (κ3) is 5.36. The average Bonchev–Trinajstić information content (AvgIpc) is 3.73. The van der Waals surface area contributed by atoms with Crippen molar-refractivity contribution >= 4 is 27.4 Å². The molecule has 2 aliphatic carbocycles. The number of carbonyl (C=O) groups excluding carboxylic acids is 1. The summed E-state index contributed by atoms with van der Waals surface area (Å²) < 4.78 is 32.4. The summed E-state index contributed by atoms with van der Waals surface area (Å²) in [5.74, 6) is 0.126. The van der Waals surface area contributed by atoms with Crippen molar-refractivity contribution in [2.45, 2.75) is 31.8 Å². The zero-order chi connectivity index (χ0) is 26.9. The number of aromatic nitrogens is 3. The van der Waals surface area contributed by atoms with Crippen molar-refractivity contribution in [2.24, 2.45) is 11.7 Å². The van der Waals surface area contributed by atoms with E-state index >= 15 is 0 Å². The normalized spacial score (nSPS) is 19.4. The Morgan fingerprint density at radius 3 is 2.68 bits per heavy atom. The Morgan fingerprint density at radius 1 is 1.18 bits per heavy atom. The van der Waals surface area contributed by atoms with Crippen molar-refractivity contribution in [2.75, 3.05) is 18.2 Å². The number of anilines is 2. The second kappa shape index (κ2) is 10.1. The Morgan fingerprint density at radius 2 is 2.00 bits per heavy atom. The fourth-order valence-electron chi connectivity index (χ4n) is 4.53. The minimum Gasteiger partial charge on any atom is -0.366 e. The summed E-state index contributed by atoms with van der Waals surface area (Å²) in [6.07, 6.45) is 11.2. The van der Waals surface area contributed by atoms with E-state index in [2.05, 4.69) is 20.3 Å². The Hall–Kier alpha value is -3.89. The highest BCUT2D eigenvalue weighted by atomic mass is 32.2. The topological polar surface area (TPSA) is 137 Å². The molecule has 2 heterocycles. The van der Waals surface area contributed by atoms with Crippen LogP contribution in [0.3, 0.4) is 0 Å². The molecule has 196 valence electrons. The lowest BCUT2D eigenvalue weighted by Gasteiger charge is -2.38. The molecule has 2 aromatic heterocycles. The first-order valence-electron chi connectivity index (χ1n) is 12.3. The van der Waals surface area contributed by atoms with Crippen LogP contribution in [-0.4, -0.2) is 42.1 Å². The van der Waals surface area contributed by atoms with E-state index in [4.69, 9.17) is 10.5 Å². The highest BCUT2D eigenvalue weighted by molar-refractivity contribution is 7.94. The SMILES string of the molecule is Cc1ccc(C2(OCC3CC3)CC(C(N)=O)=CC=C2S(C)(=O)=O)cc1Nc1nccc(-c2cccnc2)n1. The molecule has 38 heavy (non-hydrogen) atoms. The van der Waals surface area contributed by atoms with Gasteiger partial charge in [0.1, 0.15) is 5.60 Å². The third-order valence-electron chi connectivity index (χ3n) is 6.81. The molecule has 0 aliphatic heterocycles. The smallest absolute Gasteiger partial charge is 0.244 e. The van der Waals surface area contributed by atoms with Gasteiger partial charge in [-0.2, -0.15) is 0 Å². The number of aryl methyl sites for hydroxylation is 1. The number of amides is 1. The van der Waals surface area contributed by atoms with Gasteiger partial charge in [0.05, 0.1) is 17.2 Å². The zero-order valence-corrected chi connectivity index (χ0v) is 22.0. The van der Waals surface area contributed by atoms with Crippen molar-refractivity contribution in [3.63, 3.8) is 0 Å². The number of hydrogen-bond donors (Lipinski definition) is 2. The van der Waals surface area contributed by atoms with Crippen LogP contribution >= 0.6 is 0 Å². The van der Waals surface area contributed by atoms with Gasteiger partial charge in [0, 0.05) is 48.1 Å². The summed E-state index contributed by atoms with van der Waals surface area (Å²) in [5, 5.41) is 3.27. The van der Waals surface area contributed by atoms with E-state index in [0.29, 0.717) is 41.0 Å². The lowest BCUT2D eigenvalue weighted by Crippen LogP contribution is -2.39. The number of benzene rings is 1. The predicted octanol–water partition coefficient (Wildman–Crippen LogP) is 3.96. The quantitative estimate of drug-likeness (QED) is 0.423. The van der Waals surface area contributed by atoms with Gasteiger partial charge in [-0.05, 0) is 67.2 Å². The average molecular weight is 532 g/mol. The number of allylic oxidation sites excluding steroid dienone is 2. The van der Waals surface area contributed by atoms with Gasteiger partial charge in [-0.15, -0.1) is 0 Å². The molecule has 5 rings (SSSR count). The zero-order valence-electron chi connectivity index (χ0n) is 21.2. The number of nitrogens with two attached hydrogens (primary N) is 1. The Kier molecular flexibility index (Phi) is 6.85. The number of hydrogen-bond acceptors (Lipinski definition) is 8. The molecule has 1 amide bonds. The van der Waals surface area contributed by atoms with Gasteiger partial charge in [0.2, 0.25) is 11.9 Å². The predicted molar refractivity (Wildman–Crippen MR) is 145 cm³/mol. The Balaban J connectivity index is 1.57. The molecule has 1 aromatic carbocycles. The second-order valence-electron chi connectivity index (χ2n) is 9.78. The maximum atomic E-state index is 13.0. The van der Waals surface area contributed by atoms with Crippen LogP contribution in [0.25, 0.3) is 11.3 Å². The molecule has 10 heteroatoms. The van der Waals surface area contributed by atoms with Gasteiger partial charge in [0.25, 0.3) is 0 Å². The summed E-state index contributed by atoms with van der Waals surface area (Å²) in [4.78, 5) is 25.4. The molecule has 1 unspecified atom stereocenters. The number of ether oxygens (including phenoxy) is 1. The van der Waals surface area contributed by atoms with Crippen LogP contribution < -0.4 is 11.1 Å². The van der Waals surface area contributed by atoms with Crippen LogP contribution in [0.2, 0.25) is 0 Å². The maximum Gasteiger partial charge on any atom is 0.244 e. The van der Waals surface area contributed by atoms with Crippen LogP contribution in [0, 0.1) is 12.8 Å². The van der Waals surface area contributed by atoms with Gasteiger partial charge in [-0.1, -0.05) is 18.2 Å². The lowest BCUT2D eigenvalue weighted by molar-refractivity contribution is -0.115. The van der Waals surface area contributed by atoms with Crippen molar-refractivity contribution in [3.05, 3.63) is 88.7 Å². The first-order valence-corrected chi connectivity index (χ1v) is 14.2. The standard InChI is InChI=1S/C28H29N5O4S/c1-18-5-9-22(14-24(18)33-27-31-13-11-23(32-27)21-4-3-12-30-16-21)28(37-17-19-6-7-19)15-20(26(29)34)8-10-25(28)38(2,35)36/h3-5,8-14,16,19H,6-7,15,17H2,1-2H3,(H2,29,34)(H,31,32,33). The summed E-state index contributed by atoms with van der Waals surface area (Å²) in [7, 11) is -3.69. The number of pyridine rings is 1. The van der Waals surface area contributed by atoms with E-state index in [1.54, 1.807) is 24.7 Å². The fraction of sp³-hybridized carbons (Fsp3) is 0.286. The fourth-order valence-corrected chi connectivity index (χ4v) is 5.70. The van der Waals surface area contributed by atoms with E-state index in [1.807, 2.05) is 37.3 Å². The van der Waals surface area contributed by atoms with Crippen LogP contribution in [-0.2, 0) is 25.0 Å². The summed E-state index contributed by atoms with van der Waals surface area (Å²) in [6.45, 7) is 2.31. The lowest BCUT2D eigenvalue weighted by atomic mass is 9.82. The monoisotopic (exact) mass is 531 g/mol. The largest absolute Gasteiger partial charge is 0.366 e. The Bertz CT molecular complexity index is 1550. The first-order chi connectivity index (χ1) is 18.2. The van der Waals surface area contributed by atoms with Crippen LogP contribution in [0.5, 0.6) is 0 Å². The van der Waals surface area contributed by atoms with E-state index in [1.165, 1.54) is 12.2 Å². The van der Waals surface area contributed by atoms with Gasteiger partial charge < -0.3 is 15.8 Å². The van der Waals surface area contributed by atoms with Crippen molar-refractivity contribution in [3.8, 4) is 11.3 Å². The first kappa shape index (κ1) is 25.7. The van der Waals surface area contributed by atoms with Gasteiger partial charge in [-0.3, -0.25) is 9.78 Å². The molecule has 0 radical (unpaired) electrons. The molecule has 0 bridgehead atoms. The molecule has 1 saturated carbocycles. The van der Waals surface area contributed by atoms with Crippen molar-refractivity contribution < 1.29 is 17.9 Å². The summed E-state index contributed by atoms with van der Waals surface area (Å²) in [5.41, 5.74) is 8.28.